The molecule has 0 amide bonds. The molecule has 3 rings (SSSR count). The first-order valence-corrected chi connectivity index (χ1v) is 10.4. The first kappa shape index (κ1) is 23.6. The lowest BCUT2D eigenvalue weighted by Crippen LogP contribution is -2.22. The minimum Gasteiger partial charge on any atom is -0.497 e. The van der Waals surface area contributed by atoms with Gasteiger partial charge in [0.25, 0.3) is 11.2 Å². The van der Waals surface area contributed by atoms with Crippen molar-refractivity contribution in [1.82, 2.24) is 4.57 Å². The Kier molecular flexibility index (Phi) is 7.20. The summed E-state index contributed by atoms with van der Waals surface area (Å²) >= 11 is 3.20. The molecule has 0 unspecified atom stereocenters. The summed E-state index contributed by atoms with van der Waals surface area (Å²) in [5.74, 6) is 0.255. The number of ether oxygens (including phenoxy) is 1. The molecule has 0 aliphatic heterocycles. The van der Waals surface area contributed by atoms with Crippen LogP contribution in [-0.2, 0) is 13.0 Å². The quantitative estimate of drug-likeness (QED) is 0.266. The van der Waals surface area contributed by atoms with Gasteiger partial charge in [0.05, 0.1) is 16.5 Å². The van der Waals surface area contributed by atoms with E-state index in [-0.39, 0.29) is 34.7 Å². The van der Waals surface area contributed by atoms with Gasteiger partial charge in [0.1, 0.15) is 23.1 Å². The highest BCUT2D eigenvalue weighted by Crippen LogP contribution is 2.32. The number of halogens is 1. The Morgan fingerprint density at radius 2 is 1.94 bits per heavy atom. The molecule has 33 heavy (non-hydrogen) atoms. The molecule has 1 aromatic heterocycles. The highest BCUT2D eigenvalue weighted by molar-refractivity contribution is 9.10. The molecule has 0 aliphatic carbocycles. The van der Waals surface area contributed by atoms with Crippen molar-refractivity contribution in [2.45, 2.75) is 19.9 Å². The molecule has 0 saturated heterocycles. The van der Waals surface area contributed by atoms with Gasteiger partial charge in [-0.3, -0.25) is 19.5 Å². The van der Waals surface area contributed by atoms with Crippen LogP contribution in [0, 0.1) is 28.4 Å². The van der Waals surface area contributed by atoms with Gasteiger partial charge in [-0.2, -0.15) is 5.26 Å². The molecule has 3 aromatic rings. The number of nitrogens with zero attached hydrogens (tertiary/aromatic N) is 5. The van der Waals surface area contributed by atoms with Crippen LogP contribution in [0.3, 0.4) is 0 Å². The third-order valence-corrected chi connectivity index (χ3v) is 5.59. The summed E-state index contributed by atoms with van der Waals surface area (Å²) in [7, 11) is 1.56. The van der Waals surface area contributed by atoms with Gasteiger partial charge in [0.15, 0.2) is 5.69 Å². The van der Waals surface area contributed by atoms with Gasteiger partial charge in [0.2, 0.25) is 5.88 Å². The number of hydrogen-bond acceptors (Lipinski definition) is 8. The van der Waals surface area contributed by atoms with Crippen LogP contribution in [0.25, 0.3) is 0 Å². The first-order valence-electron chi connectivity index (χ1n) is 9.62. The van der Waals surface area contributed by atoms with Crippen molar-refractivity contribution in [2.75, 3.05) is 7.11 Å². The Balaban J connectivity index is 1.98. The maximum atomic E-state index is 13.1. The Morgan fingerprint density at radius 3 is 2.52 bits per heavy atom. The van der Waals surface area contributed by atoms with E-state index in [1.807, 2.05) is 18.2 Å². The number of pyridine rings is 1. The first-order chi connectivity index (χ1) is 15.8. The average Bonchev–Trinajstić information content (AvgIpc) is 2.80. The number of aryl methyl sites for hydroxylation is 1. The number of non-ortho nitro benzene ring substituents is 1. The van der Waals surface area contributed by atoms with E-state index in [9.17, 15) is 25.3 Å². The molecule has 0 fully saturated rings. The SMILES string of the molecule is COc1ccc(CCn2c(O)c(C#N)c(C)c(N=Nc3ccc([N+](=O)[O-])cc3Br)c2=O)cc1. The smallest absolute Gasteiger partial charge is 0.281 e. The third kappa shape index (κ3) is 5.07. The minimum atomic E-state index is -0.612. The molecule has 10 nitrogen and oxygen atoms in total. The van der Waals surface area contributed by atoms with Gasteiger partial charge in [0, 0.05) is 24.2 Å². The van der Waals surface area contributed by atoms with Crippen molar-refractivity contribution in [2.24, 2.45) is 10.2 Å². The molecule has 0 radical (unpaired) electrons. The van der Waals surface area contributed by atoms with Gasteiger partial charge in [-0.25, -0.2) is 0 Å². The number of hydrogen-bond donors (Lipinski definition) is 1. The summed E-state index contributed by atoms with van der Waals surface area (Å²) in [4.78, 5) is 23.4. The fourth-order valence-electron chi connectivity index (χ4n) is 3.09. The van der Waals surface area contributed by atoms with E-state index >= 15 is 0 Å². The molecule has 0 aliphatic rings. The number of nitriles is 1. The van der Waals surface area contributed by atoms with Crippen LogP contribution in [0.15, 0.2) is 62.0 Å². The predicted octanol–water partition coefficient (Wildman–Crippen LogP) is 5.07. The fraction of sp³-hybridized carbons (Fsp3) is 0.182. The molecule has 0 atom stereocenters. The lowest BCUT2D eigenvalue weighted by molar-refractivity contribution is -0.384. The second-order valence-corrected chi connectivity index (χ2v) is 7.79. The van der Waals surface area contributed by atoms with Gasteiger partial charge >= 0.3 is 0 Å². The molecule has 0 saturated carbocycles. The van der Waals surface area contributed by atoms with Crippen LogP contribution in [0.5, 0.6) is 11.6 Å². The molecule has 1 N–H and O–H groups in total. The Labute approximate surface area is 196 Å². The fourth-order valence-corrected chi connectivity index (χ4v) is 3.54. The van der Waals surface area contributed by atoms with E-state index < -0.39 is 16.4 Å². The molecule has 168 valence electrons. The Morgan fingerprint density at radius 1 is 1.24 bits per heavy atom. The number of nitro benzene ring substituents is 1. The Hall–Kier alpha value is -4.04. The van der Waals surface area contributed by atoms with Crippen molar-refractivity contribution in [1.29, 1.82) is 5.26 Å². The van der Waals surface area contributed by atoms with E-state index in [2.05, 4.69) is 26.2 Å². The van der Waals surface area contributed by atoms with Crippen LogP contribution in [-0.4, -0.2) is 21.7 Å². The number of nitro groups is 1. The van der Waals surface area contributed by atoms with Gasteiger partial charge < -0.3 is 9.84 Å². The Bertz CT molecular complexity index is 1340. The van der Waals surface area contributed by atoms with Gasteiger partial charge in [-0.15, -0.1) is 10.2 Å². The summed E-state index contributed by atoms with van der Waals surface area (Å²) in [6, 6.07) is 13.1. The third-order valence-electron chi connectivity index (χ3n) is 4.95. The second-order valence-electron chi connectivity index (χ2n) is 6.93. The van der Waals surface area contributed by atoms with E-state index in [1.165, 1.54) is 25.1 Å². The molecule has 0 spiro atoms. The maximum absolute atomic E-state index is 13.1. The molecular formula is C22H18BrN5O5. The lowest BCUT2D eigenvalue weighted by Gasteiger charge is -2.13. The largest absolute Gasteiger partial charge is 0.497 e. The van der Waals surface area contributed by atoms with Crippen LogP contribution in [0.1, 0.15) is 16.7 Å². The molecule has 1 heterocycles. The number of benzene rings is 2. The zero-order chi connectivity index (χ0) is 24.1. The predicted molar refractivity (Wildman–Crippen MR) is 123 cm³/mol. The lowest BCUT2D eigenvalue weighted by atomic mass is 10.1. The summed E-state index contributed by atoms with van der Waals surface area (Å²) in [5, 5.41) is 39.0. The topological polar surface area (TPSA) is 143 Å². The number of rotatable bonds is 7. The van der Waals surface area contributed by atoms with Crippen molar-refractivity contribution in [3.63, 3.8) is 0 Å². The monoisotopic (exact) mass is 511 g/mol. The zero-order valence-electron chi connectivity index (χ0n) is 17.6. The molecular weight excluding hydrogens is 494 g/mol. The van der Waals surface area contributed by atoms with Crippen molar-refractivity contribution in [3.8, 4) is 17.7 Å². The standard InChI is InChI=1S/C22H18BrN5O5/c1-13-17(12-24)21(29)27(10-9-14-3-6-16(33-2)7-4-14)22(30)20(13)26-25-19-8-5-15(28(31)32)11-18(19)23/h3-8,11,29H,9-10H2,1-2H3. The highest BCUT2D eigenvalue weighted by Gasteiger charge is 2.19. The second kappa shape index (κ2) is 10.1. The number of aromatic nitrogens is 1. The van der Waals surface area contributed by atoms with E-state index in [4.69, 9.17) is 4.74 Å². The van der Waals surface area contributed by atoms with Crippen molar-refractivity contribution in [3.05, 3.63) is 84.1 Å². The van der Waals surface area contributed by atoms with Crippen LogP contribution in [0.2, 0.25) is 0 Å². The van der Waals surface area contributed by atoms with E-state index in [0.717, 1.165) is 10.1 Å². The van der Waals surface area contributed by atoms with Gasteiger partial charge in [-0.05, 0) is 53.0 Å². The van der Waals surface area contributed by atoms with Crippen LogP contribution < -0.4 is 10.3 Å². The van der Waals surface area contributed by atoms with E-state index in [1.54, 1.807) is 19.2 Å². The number of azo groups is 1. The highest BCUT2D eigenvalue weighted by atomic mass is 79.9. The van der Waals surface area contributed by atoms with E-state index in [0.29, 0.717) is 16.6 Å². The summed E-state index contributed by atoms with van der Waals surface area (Å²) in [6.45, 7) is 1.60. The maximum Gasteiger partial charge on any atom is 0.281 e. The van der Waals surface area contributed by atoms with Gasteiger partial charge in [-0.1, -0.05) is 12.1 Å². The summed E-state index contributed by atoms with van der Waals surface area (Å²) in [6.07, 6.45) is 0.413. The van der Waals surface area contributed by atoms with Crippen LogP contribution >= 0.6 is 15.9 Å². The normalized spacial score (nSPS) is 10.8. The van der Waals surface area contributed by atoms with Crippen molar-refractivity contribution >= 4 is 33.0 Å². The average molecular weight is 512 g/mol. The zero-order valence-corrected chi connectivity index (χ0v) is 19.2. The summed E-state index contributed by atoms with van der Waals surface area (Å²) in [5.41, 5.74) is 0.413. The molecule has 2 aromatic carbocycles. The minimum absolute atomic E-state index is 0.0824. The molecule has 11 heteroatoms. The van der Waals surface area contributed by atoms with Crippen LogP contribution in [0.4, 0.5) is 17.1 Å². The number of aromatic hydroxyl groups is 1. The van der Waals surface area contributed by atoms with Crippen molar-refractivity contribution < 1.29 is 14.8 Å². The molecule has 0 bridgehead atoms. The number of methoxy groups -OCH3 is 1. The summed E-state index contributed by atoms with van der Waals surface area (Å²) < 4.78 is 6.52.